The fourth-order valence-electron chi connectivity index (χ4n) is 3.52. The van der Waals surface area contributed by atoms with Crippen LogP contribution < -0.4 is 10.6 Å². The van der Waals surface area contributed by atoms with E-state index in [4.69, 9.17) is 0 Å². The van der Waals surface area contributed by atoms with Gasteiger partial charge < -0.3 is 10.6 Å². The maximum atomic E-state index is 4.48. The third kappa shape index (κ3) is 4.26. The Morgan fingerprint density at radius 2 is 1.77 bits per heavy atom. The zero-order chi connectivity index (χ0) is 19.2. The van der Waals surface area contributed by atoms with Gasteiger partial charge in [0.25, 0.3) is 0 Å². The molecule has 1 heterocycles. The molecule has 142 valence electrons. The Hall–Kier alpha value is -2.30. The van der Waals surface area contributed by atoms with Crippen LogP contribution in [0, 0.1) is 13.8 Å². The van der Waals surface area contributed by atoms with Gasteiger partial charge in [0.1, 0.15) is 0 Å². The lowest BCUT2D eigenvalue weighted by Crippen LogP contribution is -2.45. The zero-order valence-electron chi connectivity index (χ0n) is 17.1. The van der Waals surface area contributed by atoms with Gasteiger partial charge in [-0.15, -0.1) is 0 Å². The first kappa shape index (κ1) is 20.0. The van der Waals surface area contributed by atoms with Crippen molar-refractivity contribution in [2.45, 2.75) is 52.5 Å². The molecule has 0 aliphatic heterocycles. The standard InChI is InChI=1S/C21H33N5/c1-7-21(8-2,18-12-10-9-11-13-18)15-24-20(22-5)23-14-19-16(3)25-26(6)17(19)4/h9-13H,7-8,14-15H2,1-6H3,(H2,22,23,24). The Bertz CT molecular complexity index is 726. The number of nitrogens with one attached hydrogen (secondary N) is 2. The SMILES string of the molecule is CCC(CC)(CNC(=NC)NCc1c(C)nn(C)c1C)c1ccccc1. The molecule has 26 heavy (non-hydrogen) atoms. The molecule has 2 aromatic rings. The zero-order valence-corrected chi connectivity index (χ0v) is 17.1. The molecule has 0 amide bonds. The van der Waals surface area contributed by atoms with Gasteiger partial charge in [0.05, 0.1) is 5.69 Å². The van der Waals surface area contributed by atoms with Crippen LogP contribution in [0.4, 0.5) is 0 Å². The van der Waals surface area contributed by atoms with Gasteiger partial charge in [0, 0.05) is 43.9 Å². The molecule has 0 aliphatic carbocycles. The molecule has 5 heteroatoms. The third-order valence-corrected chi connectivity index (χ3v) is 5.65. The highest BCUT2D eigenvalue weighted by atomic mass is 15.3. The van der Waals surface area contributed by atoms with Crippen molar-refractivity contribution in [2.24, 2.45) is 12.0 Å². The molecule has 0 spiro atoms. The van der Waals surface area contributed by atoms with Gasteiger partial charge in [-0.1, -0.05) is 44.2 Å². The fourth-order valence-corrected chi connectivity index (χ4v) is 3.52. The summed E-state index contributed by atoms with van der Waals surface area (Å²) in [4.78, 5) is 4.40. The molecule has 0 radical (unpaired) electrons. The molecule has 5 nitrogen and oxygen atoms in total. The van der Waals surface area contributed by atoms with E-state index in [1.165, 1.54) is 16.8 Å². The summed E-state index contributed by atoms with van der Waals surface area (Å²) in [6, 6.07) is 10.8. The third-order valence-electron chi connectivity index (χ3n) is 5.65. The van der Waals surface area contributed by atoms with Gasteiger partial charge in [-0.05, 0) is 32.3 Å². The van der Waals surface area contributed by atoms with Gasteiger partial charge in [0.2, 0.25) is 0 Å². The van der Waals surface area contributed by atoms with Crippen molar-refractivity contribution in [3.63, 3.8) is 0 Å². The van der Waals surface area contributed by atoms with E-state index in [0.717, 1.165) is 37.6 Å². The van der Waals surface area contributed by atoms with Crippen LogP contribution in [-0.4, -0.2) is 29.3 Å². The van der Waals surface area contributed by atoms with Crippen LogP contribution in [0.5, 0.6) is 0 Å². The lowest BCUT2D eigenvalue weighted by atomic mass is 9.76. The highest BCUT2D eigenvalue weighted by Gasteiger charge is 2.28. The second-order valence-electron chi connectivity index (χ2n) is 6.91. The highest BCUT2D eigenvalue weighted by molar-refractivity contribution is 5.79. The first-order valence-electron chi connectivity index (χ1n) is 9.46. The van der Waals surface area contributed by atoms with Crippen LogP contribution >= 0.6 is 0 Å². The molecule has 1 aromatic carbocycles. The van der Waals surface area contributed by atoms with Gasteiger partial charge >= 0.3 is 0 Å². The van der Waals surface area contributed by atoms with Crippen molar-refractivity contribution >= 4 is 5.96 Å². The maximum absolute atomic E-state index is 4.48. The molecule has 0 atom stereocenters. The van der Waals surface area contributed by atoms with E-state index >= 15 is 0 Å². The van der Waals surface area contributed by atoms with Crippen molar-refractivity contribution in [3.05, 3.63) is 52.8 Å². The minimum atomic E-state index is 0.110. The van der Waals surface area contributed by atoms with Crippen LogP contribution in [0.25, 0.3) is 0 Å². The molecule has 0 aliphatic rings. The van der Waals surface area contributed by atoms with Crippen molar-refractivity contribution < 1.29 is 0 Å². The Morgan fingerprint density at radius 3 is 2.27 bits per heavy atom. The molecular formula is C21H33N5. The number of aromatic nitrogens is 2. The van der Waals surface area contributed by atoms with E-state index in [2.05, 4.69) is 78.8 Å². The van der Waals surface area contributed by atoms with Crippen molar-refractivity contribution in [3.8, 4) is 0 Å². The van der Waals surface area contributed by atoms with Crippen LogP contribution in [0.3, 0.4) is 0 Å². The molecule has 0 saturated carbocycles. The molecule has 0 bridgehead atoms. The number of hydrogen-bond donors (Lipinski definition) is 2. The first-order chi connectivity index (χ1) is 12.5. The summed E-state index contributed by atoms with van der Waals surface area (Å²) < 4.78 is 1.93. The summed E-state index contributed by atoms with van der Waals surface area (Å²) >= 11 is 0. The average molecular weight is 356 g/mol. The largest absolute Gasteiger partial charge is 0.356 e. The quantitative estimate of drug-likeness (QED) is 0.591. The smallest absolute Gasteiger partial charge is 0.191 e. The monoisotopic (exact) mass is 355 g/mol. The lowest BCUT2D eigenvalue weighted by molar-refractivity contribution is 0.389. The number of nitrogens with zero attached hydrogens (tertiary/aromatic N) is 3. The topological polar surface area (TPSA) is 54.2 Å². The minimum Gasteiger partial charge on any atom is -0.356 e. The second kappa shape index (κ2) is 8.88. The molecule has 0 unspecified atom stereocenters. The van der Waals surface area contributed by atoms with Gasteiger partial charge in [-0.2, -0.15) is 5.10 Å². The Kier molecular flexibility index (Phi) is 6.83. The predicted octanol–water partition coefficient (Wildman–Crippen LogP) is 3.46. The number of rotatable bonds is 7. The number of hydrogen-bond acceptors (Lipinski definition) is 2. The summed E-state index contributed by atoms with van der Waals surface area (Å²) in [6.45, 7) is 10.3. The normalized spacial score (nSPS) is 12.3. The second-order valence-corrected chi connectivity index (χ2v) is 6.91. The van der Waals surface area contributed by atoms with E-state index in [0.29, 0.717) is 0 Å². The number of aliphatic imine (C=N–C) groups is 1. The number of benzene rings is 1. The van der Waals surface area contributed by atoms with Crippen LogP contribution in [-0.2, 0) is 19.0 Å². The Balaban J connectivity index is 2.05. The molecular weight excluding hydrogens is 322 g/mol. The van der Waals surface area contributed by atoms with E-state index in [9.17, 15) is 0 Å². The van der Waals surface area contributed by atoms with Crippen LogP contribution in [0.1, 0.15) is 49.2 Å². The molecule has 0 saturated heterocycles. The van der Waals surface area contributed by atoms with Crippen molar-refractivity contribution in [1.82, 2.24) is 20.4 Å². The van der Waals surface area contributed by atoms with E-state index < -0.39 is 0 Å². The average Bonchev–Trinajstić information content (AvgIpc) is 2.91. The fraction of sp³-hybridized carbons (Fsp3) is 0.524. The van der Waals surface area contributed by atoms with Gasteiger partial charge in [-0.3, -0.25) is 9.67 Å². The summed E-state index contributed by atoms with van der Waals surface area (Å²) in [5.41, 5.74) is 4.97. The molecule has 2 N–H and O–H groups in total. The summed E-state index contributed by atoms with van der Waals surface area (Å²) in [7, 11) is 3.80. The van der Waals surface area contributed by atoms with Crippen molar-refractivity contribution in [2.75, 3.05) is 13.6 Å². The molecule has 2 rings (SSSR count). The van der Waals surface area contributed by atoms with Crippen molar-refractivity contribution in [1.29, 1.82) is 0 Å². The van der Waals surface area contributed by atoms with Crippen LogP contribution in [0.2, 0.25) is 0 Å². The van der Waals surface area contributed by atoms with E-state index in [1.807, 2.05) is 18.8 Å². The first-order valence-corrected chi connectivity index (χ1v) is 9.46. The maximum Gasteiger partial charge on any atom is 0.191 e. The Morgan fingerprint density at radius 1 is 1.12 bits per heavy atom. The Labute approximate surface area is 157 Å². The van der Waals surface area contributed by atoms with E-state index in [1.54, 1.807) is 0 Å². The lowest BCUT2D eigenvalue weighted by Gasteiger charge is -2.33. The summed E-state index contributed by atoms with van der Waals surface area (Å²) in [5, 5.41) is 11.5. The number of guanidine groups is 1. The van der Waals surface area contributed by atoms with Crippen LogP contribution in [0.15, 0.2) is 35.3 Å². The molecule has 0 fully saturated rings. The summed E-state index contributed by atoms with van der Waals surface area (Å²) in [6.07, 6.45) is 2.16. The van der Waals surface area contributed by atoms with Gasteiger partial charge in [-0.25, -0.2) is 0 Å². The highest BCUT2D eigenvalue weighted by Crippen LogP contribution is 2.30. The predicted molar refractivity (Wildman–Crippen MR) is 110 cm³/mol. The van der Waals surface area contributed by atoms with E-state index in [-0.39, 0.29) is 5.41 Å². The molecule has 1 aromatic heterocycles. The summed E-state index contributed by atoms with van der Waals surface area (Å²) in [5.74, 6) is 0.829. The number of aryl methyl sites for hydroxylation is 2. The van der Waals surface area contributed by atoms with Gasteiger partial charge in [0.15, 0.2) is 5.96 Å². The minimum absolute atomic E-state index is 0.110.